The Balaban J connectivity index is 2.13. The molecule has 0 aromatic heterocycles. The number of rotatable bonds is 4. The smallest absolute Gasteiger partial charge is 0.0210 e. The van der Waals surface area contributed by atoms with Crippen molar-refractivity contribution in [3.63, 3.8) is 0 Å². The lowest BCUT2D eigenvalue weighted by Gasteiger charge is -2.21. The standard InChI is InChI=1S/C21H26Si/c1-4-9-17-14-18-12-7-8-13-19(15-22(2)3)21(18)20(17)16-10-5-6-11-16/h5-8,10-12,14-16,19H,4,9,13H2,1-3H3. The first kappa shape index (κ1) is 15.4. The van der Waals surface area contributed by atoms with E-state index < -0.39 is 0 Å². The molecule has 3 aliphatic rings. The van der Waals surface area contributed by atoms with Gasteiger partial charge in [0.15, 0.2) is 0 Å². The van der Waals surface area contributed by atoms with Gasteiger partial charge < -0.3 is 0 Å². The fourth-order valence-corrected chi connectivity index (χ4v) is 4.89. The molecule has 0 aromatic carbocycles. The van der Waals surface area contributed by atoms with Crippen LogP contribution in [-0.2, 0) is 0 Å². The zero-order valence-electron chi connectivity index (χ0n) is 14.0. The van der Waals surface area contributed by atoms with Crippen molar-refractivity contribution in [2.45, 2.75) is 39.3 Å². The van der Waals surface area contributed by atoms with Crippen molar-refractivity contribution in [1.29, 1.82) is 0 Å². The minimum atomic E-state index is -0.342. The maximum Gasteiger partial charge on any atom is 0.0210 e. The summed E-state index contributed by atoms with van der Waals surface area (Å²) in [4.78, 5) is 0. The van der Waals surface area contributed by atoms with Gasteiger partial charge in [0.1, 0.15) is 0 Å². The summed E-state index contributed by atoms with van der Waals surface area (Å²) >= 11 is 0. The SMILES string of the molecule is CCCC1=CC2=CC=CCC(C=[Si](C)C)C2=C1C1C=CC=C1. The van der Waals surface area contributed by atoms with E-state index in [1.54, 1.807) is 16.7 Å². The van der Waals surface area contributed by atoms with Gasteiger partial charge in [-0.05, 0) is 43.5 Å². The Morgan fingerprint density at radius 1 is 1.14 bits per heavy atom. The Hall–Kier alpha value is -1.47. The van der Waals surface area contributed by atoms with Crippen LogP contribution in [0.3, 0.4) is 0 Å². The maximum absolute atomic E-state index is 2.63. The van der Waals surface area contributed by atoms with Crippen LogP contribution in [0, 0.1) is 11.8 Å². The minimum Gasteiger partial charge on any atom is -0.0963 e. The maximum atomic E-state index is 2.63. The van der Waals surface area contributed by atoms with Crippen molar-refractivity contribution >= 4 is 14.1 Å². The molecular formula is C21H26Si. The summed E-state index contributed by atoms with van der Waals surface area (Å²) in [5.74, 6) is 1.08. The third kappa shape index (κ3) is 3.00. The second-order valence-corrected chi connectivity index (χ2v) is 9.17. The van der Waals surface area contributed by atoms with Crippen molar-refractivity contribution in [2.75, 3.05) is 0 Å². The molecule has 0 amide bonds. The predicted molar refractivity (Wildman–Crippen MR) is 101 cm³/mol. The average molecular weight is 307 g/mol. The van der Waals surface area contributed by atoms with Crippen LogP contribution in [0.1, 0.15) is 26.2 Å². The Bertz CT molecular complexity index is 646. The summed E-state index contributed by atoms with van der Waals surface area (Å²) in [6, 6.07) is 0. The van der Waals surface area contributed by atoms with E-state index in [0.29, 0.717) is 11.8 Å². The molecular weight excluding hydrogens is 280 g/mol. The summed E-state index contributed by atoms with van der Waals surface area (Å²) in [5, 5.41) is 0. The quantitative estimate of drug-likeness (QED) is 0.610. The van der Waals surface area contributed by atoms with Gasteiger partial charge in [0.25, 0.3) is 0 Å². The molecule has 0 heterocycles. The van der Waals surface area contributed by atoms with Gasteiger partial charge in [-0.2, -0.15) is 0 Å². The summed E-state index contributed by atoms with van der Waals surface area (Å²) in [5.41, 5.74) is 8.88. The Morgan fingerprint density at radius 2 is 1.91 bits per heavy atom. The second-order valence-electron chi connectivity index (χ2n) is 6.68. The van der Waals surface area contributed by atoms with E-state index in [1.165, 1.54) is 18.4 Å². The molecule has 0 bridgehead atoms. The van der Waals surface area contributed by atoms with Crippen LogP contribution in [0.25, 0.3) is 0 Å². The first-order chi connectivity index (χ1) is 10.7. The van der Waals surface area contributed by atoms with Crippen molar-refractivity contribution in [3.05, 3.63) is 70.9 Å². The van der Waals surface area contributed by atoms with Gasteiger partial charge in [-0.25, -0.2) is 0 Å². The molecule has 3 rings (SSSR count). The molecule has 1 unspecified atom stereocenters. The van der Waals surface area contributed by atoms with Crippen LogP contribution in [0.2, 0.25) is 13.1 Å². The molecule has 1 heteroatoms. The zero-order chi connectivity index (χ0) is 15.5. The van der Waals surface area contributed by atoms with E-state index in [4.69, 9.17) is 0 Å². The summed E-state index contributed by atoms with van der Waals surface area (Å²) in [6.45, 7) is 7.08. The van der Waals surface area contributed by atoms with Gasteiger partial charge in [0.05, 0.1) is 0 Å². The van der Waals surface area contributed by atoms with Crippen LogP contribution in [0.5, 0.6) is 0 Å². The van der Waals surface area contributed by atoms with Crippen LogP contribution in [0.15, 0.2) is 70.9 Å². The highest BCUT2D eigenvalue weighted by molar-refractivity contribution is 6.64. The zero-order valence-corrected chi connectivity index (χ0v) is 15.0. The lowest BCUT2D eigenvalue weighted by atomic mass is 9.84. The summed E-state index contributed by atoms with van der Waals surface area (Å²) in [7, 11) is -0.342. The number of hydrogen-bond acceptors (Lipinski definition) is 0. The van der Waals surface area contributed by atoms with Crippen LogP contribution in [0.4, 0.5) is 0 Å². The molecule has 0 saturated carbocycles. The van der Waals surface area contributed by atoms with E-state index in [2.05, 4.69) is 74.3 Å². The molecule has 0 aliphatic heterocycles. The molecule has 3 aliphatic carbocycles. The highest BCUT2D eigenvalue weighted by atomic mass is 28.2. The molecule has 0 aromatic rings. The average Bonchev–Trinajstić information content (AvgIpc) is 3.06. The highest BCUT2D eigenvalue weighted by Crippen LogP contribution is 2.44. The van der Waals surface area contributed by atoms with Gasteiger partial charge in [-0.15, -0.1) is 0 Å². The molecule has 0 N–H and O–H groups in total. The minimum absolute atomic E-state index is 0.342. The Labute approximate surface area is 136 Å². The second kappa shape index (κ2) is 6.74. The summed E-state index contributed by atoms with van der Waals surface area (Å²) in [6.07, 6.45) is 22.1. The molecule has 0 spiro atoms. The molecule has 0 radical (unpaired) electrons. The first-order valence-electron chi connectivity index (χ1n) is 8.53. The molecule has 0 saturated heterocycles. The number of fused-ring (bicyclic) bond motifs is 1. The Kier molecular flexibility index (Phi) is 4.73. The van der Waals surface area contributed by atoms with E-state index in [0.717, 1.165) is 6.42 Å². The fourth-order valence-electron chi connectivity index (χ4n) is 3.79. The third-order valence-electron chi connectivity index (χ3n) is 4.58. The number of hydrogen-bond donors (Lipinski definition) is 0. The lowest BCUT2D eigenvalue weighted by Crippen LogP contribution is -2.13. The van der Waals surface area contributed by atoms with Crippen LogP contribution in [-0.4, -0.2) is 14.1 Å². The molecule has 1 atom stereocenters. The van der Waals surface area contributed by atoms with Crippen molar-refractivity contribution < 1.29 is 0 Å². The van der Waals surface area contributed by atoms with Crippen LogP contribution < -0.4 is 0 Å². The van der Waals surface area contributed by atoms with Gasteiger partial charge in [0, 0.05) is 11.8 Å². The Morgan fingerprint density at radius 3 is 2.59 bits per heavy atom. The topological polar surface area (TPSA) is 0 Å². The van der Waals surface area contributed by atoms with Crippen molar-refractivity contribution in [2.24, 2.45) is 11.8 Å². The largest absolute Gasteiger partial charge is 0.0963 e. The van der Waals surface area contributed by atoms with E-state index in [1.807, 2.05) is 0 Å². The van der Waals surface area contributed by atoms with E-state index in [9.17, 15) is 0 Å². The normalized spacial score (nSPS) is 23.5. The molecule has 0 nitrogen and oxygen atoms in total. The predicted octanol–water partition coefficient (Wildman–Crippen LogP) is 5.41. The van der Waals surface area contributed by atoms with E-state index in [-0.39, 0.29) is 8.41 Å². The molecule has 22 heavy (non-hydrogen) atoms. The molecule has 0 fully saturated rings. The third-order valence-corrected chi connectivity index (χ3v) is 5.65. The first-order valence-corrected chi connectivity index (χ1v) is 11.1. The number of allylic oxidation sites excluding steroid dienone is 12. The molecule has 114 valence electrons. The van der Waals surface area contributed by atoms with Gasteiger partial charge >= 0.3 is 0 Å². The monoisotopic (exact) mass is 306 g/mol. The van der Waals surface area contributed by atoms with E-state index >= 15 is 0 Å². The van der Waals surface area contributed by atoms with Gasteiger partial charge in [0.2, 0.25) is 0 Å². The highest BCUT2D eigenvalue weighted by Gasteiger charge is 2.29. The summed E-state index contributed by atoms with van der Waals surface area (Å²) < 4.78 is 0. The fraction of sp³-hybridized carbons (Fsp3) is 0.381. The van der Waals surface area contributed by atoms with Gasteiger partial charge in [-0.3, -0.25) is 0 Å². The lowest BCUT2D eigenvalue weighted by molar-refractivity contribution is 0.817. The van der Waals surface area contributed by atoms with Crippen molar-refractivity contribution in [3.8, 4) is 0 Å². The van der Waals surface area contributed by atoms with Crippen molar-refractivity contribution in [1.82, 2.24) is 0 Å². The van der Waals surface area contributed by atoms with Crippen LogP contribution >= 0.6 is 0 Å². The van der Waals surface area contributed by atoms with Gasteiger partial charge in [-0.1, -0.05) is 80.7 Å².